The van der Waals surface area contributed by atoms with Crippen molar-refractivity contribution in [2.75, 3.05) is 7.11 Å². The molecule has 1 saturated carbocycles. The van der Waals surface area contributed by atoms with Crippen molar-refractivity contribution in [2.24, 2.45) is 5.41 Å². The van der Waals surface area contributed by atoms with Gasteiger partial charge in [0.05, 0.1) is 26.4 Å². The van der Waals surface area contributed by atoms with Gasteiger partial charge in [-0.25, -0.2) is 4.79 Å². The van der Waals surface area contributed by atoms with Gasteiger partial charge in [-0.15, -0.1) is 0 Å². The second-order valence-corrected chi connectivity index (χ2v) is 5.80. The number of carbonyl (C=O) groups is 1. The van der Waals surface area contributed by atoms with Crippen LogP contribution < -0.4 is 5.32 Å². The lowest BCUT2D eigenvalue weighted by Gasteiger charge is -2.18. The highest BCUT2D eigenvalue weighted by molar-refractivity contribution is 5.68. The molecule has 20 heavy (non-hydrogen) atoms. The third-order valence-corrected chi connectivity index (χ3v) is 4.37. The number of fused-ring (bicyclic) bond motifs is 1. The van der Waals surface area contributed by atoms with E-state index in [1.807, 2.05) is 38.1 Å². The standard InChI is InChI=1S/C15H19NO4/c1-14(2)12(16-13(17)18-3)15(14)19-8-10-6-4-5-7-11(10)9-20-15/h4-7,12H,8-9H2,1-3H3,(H,16,17). The van der Waals surface area contributed by atoms with Crippen molar-refractivity contribution in [3.63, 3.8) is 0 Å². The minimum Gasteiger partial charge on any atom is -0.453 e. The SMILES string of the molecule is COC(=O)NC1C(C)(C)C12OCc1ccccc1CO2. The quantitative estimate of drug-likeness (QED) is 0.855. The summed E-state index contributed by atoms with van der Waals surface area (Å²) in [6, 6.07) is 7.84. The summed E-state index contributed by atoms with van der Waals surface area (Å²) in [5.74, 6) is -0.778. The van der Waals surface area contributed by atoms with Crippen LogP contribution in [0.3, 0.4) is 0 Å². The fourth-order valence-corrected chi connectivity index (χ4v) is 2.93. The van der Waals surface area contributed by atoms with E-state index in [1.54, 1.807) is 0 Å². The highest BCUT2D eigenvalue weighted by atomic mass is 16.7. The summed E-state index contributed by atoms with van der Waals surface area (Å²) in [6.07, 6.45) is -0.464. The van der Waals surface area contributed by atoms with Crippen molar-refractivity contribution in [1.29, 1.82) is 0 Å². The molecule has 1 amide bonds. The van der Waals surface area contributed by atoms with Gasteiger partial charge in [0, 0.05) is 5.41 Å². The Labute approximate surface area is 118 Å². The molecule has 1 aromatic carbocycles. The summed E-state index contributed by atoms with van der Waals surface area (Å²) in [5, 5.41) is 2.80. The van der Waals surface area contributed by atoms with Gasteiger partial charge in [0.2, 0.25) is 0 Å². The van der Waals surface area contributed by atoms with Crippen molar-refractivity contribution in [3.05, 3.63) is 35.4 Å². The Bertz CT molecular complexity index is 513. The maximum Gasteiger partial charge on any atom is 0.407 e. The van der Waals surface area contributed by atoms with Crippen molar-refractivity contribution in [1.82, 2.24) is 5.32 Å². The first-order chi connectivity index (χ1) is 9.51. The third-order valence-electron chi connectivity index (χ3n) is 4.37. The average Bonchev–Trinajstić information content (AvgIpc) is 2.99. The predicted octanol–water partition coefficient (Wildman–Crippen LogP) is 2.19. The zero-order valence-electron chi connectivity index (χ0n) is 11.9. The molecular formula is C15H19NO4. The number of methoxy groups -OCH3 is 1. The Morgan fingerprint density at radius 3 is 2.30 bits per heavy atom. The minimum atomic E-state index is -0.778. The maximum atomic E-state index is 11.4. The molecule has 1 aliphatic carbocycles. The number of amides is 1. The third kappa shape index (κ3) is 1.81. The zero-order valence-corrected chi connectivity index (χ0v) is 11.9. The van der Waals surface area contributed by atoms with E-state index >= 15 is 0 Å². The molecule has 108 valence electrons. The minimum absolute atomic E-state index is 0.211. The van der Waals surface area contributed by atoms with E-state index in [2.05, 4.69) is 10.1 Å². The highest BCUT2D eigenvalue weighted by Crippen LogP contribution is 2.60. The number of hydrogen-bond donors (Lipinski definition) is 1. The summed E-state index contributed by atoms with van der Waals surface area (Å²) in [6.45, 7) is 5.01. The molecule has 0 radical (unpaired) electrons. The van der Waals surface area contributed by atoms with Crippen LogP contribution in [0.5, 0.6) is 0 Å². The maximum absolute atomic E-state index is 11.4. The van der Waals surface area contributed by atoms with Gasteiger partial charge in [-0.2, -0.15) is 0 Å². The van der Waals surface area contributed by atoms with Gasteiger partial charge in [-0.05, 0) is 11.1 Å². The van der Waals surface area contributed by atoms with Gasteiger partial charge in [-0.1, -0.05) is 38.1 Å². The van der Waals surface area contributed by atoms with E-state index in [0.717, 1.165) is 11.1 Å². The molecule has 1 spiro atoms. The largest absolute Gasteiger partial charge is 0.453 e. The van der Waals surface area contributed by atoms with Crippen LogP contribution in [-0.4, -0.2) is 25.0 Å². The van der Waals surface area contributed by atoms with Crippen LogP contribution in [0.4, 0.5) is 4.79 Å². The monoisotopic (exact) mass is 277 g/mol. The lowest BCUT2D eigenvalue weighted by atomic mass is 10.1. The summed E-state index contributed by atoms with van der Waals surface area (Å²) in [7, 11) is 1.35. The number of benzene rings is 1. The van der Waals surface area contributed by atoms with Gasteiger partial charge in [0.1, 0.15) is 0 Å². The average molecular weight is 277 g/mol. The number of hydrogen-bond acceptors (Lipinski definition) is 4. The Balaban J connectivity index is 1.80. The number of carbonyl (C=O) groups excluding carboxylic acids is 1. The first-order valence-corrected chi connectivity index (χ1v) is 6.70. The van der Waals surface area contributed by atoms with E-state index in [4.69, 9.17) is 9.47 Å². The van der Waals surface area contributed by atoms with E-state index in [-0.39, 0.29) is 11.5 Å². The lowest BCUT2D eigenvalue weighted by Crippen LogP contribution is -2.34. The summed E-state index contributed by atoms with van der Waals surface area (Å²) in [4.78, 5) is 11.4. The molecular weight excluding hydrogens is 258 g/mol. The number of rotatable bonds is 1. The van der Waals surface area contributed by atoms with E-state index in [0.29, 0.717) is 13.2 Å². The van der Waals surface area contributed by atoms with E-state index in [9.17, 15) is 4.79 Å². The molecule has 1 unspecified atom stereocenters. The zero-order chi connectivity index (χ0) is 14.4. The smallest absolute Gasteiger partial charge is 0.407 e. The van der Waals surface area contributed by atoms with Crippen molar-refractivity contribution < 1.29 is 19.0 Å². The van der Waals surface area contributed by atoms with Crippen LogP contribution in [0, 0.1) is 5.41 Å². The van der Waals surface area contributed by atoms with Crippen LogP contribution in [0.1, 0.15) is 25.0 Å². The number of ether oxygens (including phenoxy) is 3. The predicted molar refractivity (Wildman–Crippen MR) is 71.9 cm³/mol. The number of nitrogens with one attached hydrogen (secondary N) is 1. The molecule has 3 rings (SSSR count). The lowest BCUT2D eigenvalue weighted by molar-refractivity contribution is -0.197. The normalized spacial score (nSPS) is 25.4. The molecule has 5 heteroatoms. The van der Waals surface area contributed by atoms with Crippen molar-refractivity contribution in [2.45, 2.75) is 38.9 Å². The van der Waals surface area contributed by atoms with Crippen LogP contribution in [0.2, 0.25) is 0 Å². The van der Waals surface area contributed by atoms with Gasteiger partial charge >= 0.3 is 6.09 Å². The fourth-order valence-electron chi connectivity index (χ4n) is 2.93. The first-order valence-electron chi connectivity index (χ1n) is 6.70. The van der Waals surface area contributed by atoms with Gasteiger partial charge in [0.25, 0.3) is 0 Å². The summed E-state index contributed by atoms with van der Waals surface area (Å²) in [5.41, 5.74) is 1.97. The highest BCUT2D eigenvalue weighted by Gasteiger charge is 2.76. The Morgan fingerprint density at radius 2 is 1.80 bits per heavy atom. The Morgan fingerprint density at radius 1 is 1.25 bits per heavy atom. The molecule has 0 saturated heterocycles. The summed E-state index contributed by atoms with van der Waals surface area (Å²) < 4.78 is 16.7. The van der Waals surface area contributed by atoms with Crippen molar-refractivity contribution in [3.8, 4) is 0 Å². The molecule has 0 bridgehead atoms. The first kappa shape index (κ1) is 13.4. The number of alkyl carbamates (subject to hydrolysis) is 1. The molecule has 1 fully saturated rings. The second-order valence-electron chi connectivity index (χ2n) is 5.80. The van der Waals surface area contributed by atoms with Crippen LogP contribution in [-0.2, 0) is 27.4 Å². The van der Waals surface area contributed by atoms with E-state index < -0.39 is 11.9 Å². The fraction of sp³-hybridized carbons (Fsp3) is 0.533. The topological polar surface area (TPSA) is 56.8 Å². The molecule has 1 heterocycles. The molecule has 5 nitrogen and oxygen atoms in total. The Kier molecular flexibility index (Phi) is 2.99. The molecule has 2 aliphatic rings. The Hall–Kier alpha value is -1.59. The molecule has 0 aromatic heterocycles. The molecule has 1 atom stereocenters. The van der Waals surface area contributed by atoms with Crippen LogP contribution in [0.25, 0.3) is 0 Å². The second kappa shape index (κ2) is 4.46. The van der Waals surface area contributed by atoms with Gasteiger partial charge in [-0.3, -0.25) is 0 Å². The summed E-state index contributed by atoms with van der Waals surface area (Å²) >= 11 is 0. The van der Waals surface area contributed by atoms with Gasteiger partial charge in [0.15, 0.2) is 5.79 Å². The molecule has 1 aliphatic heterocycles. The molecule has 1 N–H and O–H groups in total. The van der Waals surface area contributed by atoms with Crippen LogP contribution in [0.15, 0.2) is 24.3 Å². The van der Waals surface area contributed by atoms with E-state index in [1.165, 1.54) is 7.11 Å². The van der Waals surface area contributed by atoms with Gasteiger partial charge < -0.3 is 19.5 Å². The van der Waals surface area contributed by atoms with Crippen molar-refractivity contribution >= 4 is 6.09 Å². The van der Waals surface area contributed by atoms with Crippen LogP contribution >= 0.6 is 0 Å². The molecule has 1 aromatic rings.